The molecule has 0 bridgehead atoms. The normalized spacial score (nSPS) is 14.8. The number of hydrogen-bond acceptors (Lipinski definition) is 4. The second-order valence-electron chi connectivity index (χ2n) is 8.68. The monoisotopic (exact) mass is 453 g/mol. The number of nitrogens with zero attached hydrogens (tertiary/aromatic N) is 4. The summed E-state index contributed by atoms with van der Waals surface area (Å²) in [6, 6.07) is 20.8. The third-order valence-electron chi connectivity index (χ3n) is 6.55. The number of halogens is 1. The molecule has 0 unspecified atom stereocenters. The Kier molecular flexibility index (Phi) is 5.29. The van der Waals surface area contributed by atoms with Crippen LogP contribution >= 0.6 is 11.6 Å². The van der Waals surface area contributed by atoms with Gasteiger partial charge in [-0.1, -0.05) is 60.1 Å². The maximum atomic E-state index is 6.59. The third-order valence-corrected chi connectivity index (χ3v) is 6.82. The van der Waals surface area contributed by atoms with Gasteiger partial charge in [-0.05, 0) is 44.0 Å². The molecule has 4 heterocycles. The van der Waals surface area contributed by atoms with Gasteiger partial charge in [0.15, 0.2) is 5.15 Å². The van der Waals surface area contributed by atoms with Crippen LogP contribution < -0.4 is 5.32 Å². The molecule has 33 heavy (non-hydrogen) atoms. The van der Waals surface area contributed by atoms with E-state index in [1.54, 1.807) is 6.20 Å². The molecule has 0 aliphatic carbocycles. The smallest absolute Gasteiger partial charge is 0.155 e. The average Bonchev–Trinajstić information content (AvgIpc) is 3.24. The van der Waals surface area contributed by atoms with Crippen molar-refractivity contribution in [2.24, 2.45) is 5.92 Å². The van der Waals surface area contributed by atoms with Crippen LogP contribution in [0.3, 0.4) is 0 Å². The van der Waals surface area contributed by atoms with E-state index >= 15 is 0 Å². The minimum Gasteiger partial charge on any atom is -0.317 e. The third kappa shape index (κ3) is 3.88. The number of imidazole rings is 1. The lowest BCUT2D eigenvalue weighted by molar-refractivity contribution is 0.367. The van der Waals surface area contributed by atoms with Crippen molar-refractivity contribution in [2.75, 3.05) is 13.1 Å². The largest absolute Gasteiger partial charge is 0.317 e. The van der Waals surface area contributed by atoms with Crippen molar-refractivity contribution in [2.45, 2.75) is 19.3 Å². The Balaban J connectivity index is 1.46. The molecular formula is C27H24ClN5. The van der Waals surface area contributed by atoms with Gasteiger partial charge in [0.25, 0.3) is 0 Å². The second-order valence-corrected chi connectivity index (χ2v) is 9.04. The van der Waals surface area contributed by atoms with Gasteiger partial charge in [-0.25, -0.2) is 15.0 Å². The summed E-state index contributed by atoms with van der Waals surface area (Å²) in [4.78, 5) is 14.4. The molecule has 0 spiro atoms. The molecule has 6 heteroatoms. The van der Waals surface area contributed by atoms with Crippen molar-refractivity contribution in [3.05, 3.63) is 84.0 Å². The van der Waals surface area contributed by atoms with Crippen molar-refractivity contribution >= 4 is 28.0 Å². The first kappa shape index (κ1) is 20.3. The van der Waals surface area contributed by atoms with Crippen LogP contribution in [0.1, 0.15) is 18.7 Å². The van der Waals surface area contributed by atoms with Gasteiger partial charge in [-0.3, -0.25) is 4.40 Å². The van der Waals surface area contributed by atoms with E-state index in [4.69, 9.17) is 21.6 Å². The van der Waals surface area contributed by atoms with Crippen molar-refractivity contribution < 1.29 is 0 Å². The number of piperidine rings is 1. The SMILES string of the molecule is Clc1nccn2c(CC3CCNCC3)nc(-c3ccc4ccc(-c5ccccc5)nc4c3)c12. The summed E-state index contributed by atoms with van der Waals surface area (Å²) in [6.07, 6.45) is 7.01. The number of rotatable bonds is 4. The quantitative estimate of drug-likeness (QED) is 0.373. The molecule has 0 atom stereocenters. The first-order valence-electron chi connectivity index (χ1n) is 11.4. The van der Waals surface area contributed by atoms with Gasteiger partial charge in [0.05, 0.1) is 16.9 Å². The average molecular weight is 454 g/mol. The zero-order valence-electron chi connectivity index (χ0n) is 18.2. The predicted molar refractivity (Wildman–Crippen MR) is 133 cm³/mol. The molecule has 0 saturated carbocycles. The topological polar surface area (TPSA) is 55.1 Å². The standard InChI is InChI=1S/C27H24ClN5/c28-27-26-25(32-24(33(26)15-14-30-27)16-18-10-12-29-13-11-18)21-7-6-20-8-9-22(31-23(20)17-21)19-4-2-1-3-5-19/h1-9,14-15,17-18,29H,10-13,16H2. The highest BCUT2D eigenvalue weighted by Crippen LogP contribution is 2.32. The molecule has 1 saturated heterocycles. The van der Waals surface area contributed by atoms with E-state index in [0.29, 0.717) is 11.1 Å². The van der Waals surface area contributed by atoms with E-state index in [2.05, 4.69) is 57.2 Å². The van der Waals surface area contributed by atoms with E-state index in [9.17, 15) is 0 Å². The van der Waals surface area contributed by atoms with Crippen LogP contribution in [-0.2, 0) is 6.42 Å². The van der Waals surface area contributed by atoms with Gasteiger partial charge in [-0.2, -0.15) is 0 Å². The number of fused-ring (bicyclic) bond motifs is 2. The zero-order valence-corrected chi connectivity index (χ0v) is 19.0. The molecule has 1 aliphatic rings. The van der Waals surface area contributed by atoms with E-state index in [1.807, 2.05) is 24.4 Å². The van der Waals surface area contributed by atoms with Crippen molar-refractivity contribution in [1.82, 2.24) is 24.7 Å². The minimum absolute atomic E-state index is 0.475. The van der Waals surface area contributed by atoms with Crippen LogP contribution in [0.5, 0.6) is 0 Å². The summed E-state index contributed by atoms with van der Waals surface area (Å²) >= 11 is 6.59. The van der Waals surface area contributed by atoms with Gasteiger partial charge in [0, 0.05) is 35.3 Å². The number of hydrogen-bond donors (Lipinski definition) is 1. The fourth-order valence-electron chi connectivity index (χ4n) is 4.79. The maximum Gasteiger partial charge on any atom is 0.155 e. The Morgan fingerprint density at radius 2 is 1.76 bits per heavy atom. The molecule has 1 fully saturated rings. The lowest BCUT2D eigenvalue weighted by Gasteiger charge is -2.21. The second kappa shape index (κ2) is 8.58. The number of aromatic nitrogens is 4. The van der Waals surface area contributed by atoms with E-state index < -0.39 is 0 Å². The molecule has 164 valence electrons. The number of benzene rings is 2. The number of nitrogens with one attached hydrogen (secondary N) is 1. The minimum atomic E-state index is 0.475. The van der Waals surface area contributed by atoms with Gasteiger partial charge in [0.1, 0.15) is 11.3 Å². The summed E-state index contributed by atoms with van der Waals surface area (Å²) in [6.45, 7) is 2.15. The van der Waals surface area contributed by atoms with Crippen LogP contribution in [-0.4, -0.2) is 32.4 Å². The zero-order chi connectivity index (χ0) is 22.2. The summed E-state index contributed by atoms with van der Waals surface area (Å²) in [7, 11) is 0. The van der Waals surface area contributed by atoms with Crippen LogP contribution in [0.15, 0.2) is 73.1 Å². The van der Waals surface area contributed by atoms with Crippen LogP contribution in [0, 0.1) is 5.92 Å². The fourth-order valence-corrected chi connectivity index (χ4v) is 5.02. The molecule has 6 rings (SSSR count). The fraction of sp³-hybridized carbons (Fsp3) is 0.222. The molecule has 0 radical (unpaired) electrons. The Hall–Kier alpha value is -3.28. The lowest BCUT2D eigenvalue weighted by Crippen LogP contribution is -2.29. The van der Waals surface area contributed by atoms with Crippen molar-refractivity contribution in [3.63, 3.8) is 0 Å². The summed E-state index contributed by atoms with van der Waals surface area (Å²) in [5.74, 6) is 1.67. The predicted octanol–water partition coefficient (Wildman–Crippen LogP) is 5.81. The van der Waals surface area contributed by atoms with Crippen LogP contribution in [0.25, 0.3) is 38.9 Å². The lowest BCUT2D eigenvalue weighted by atomic mass is 9.94. The van der Waals surface area contributed by atoms with Gasteiger partial charge in [-0.15, -0.1) is 0 Å². The number of pyridine rings is 1. The first-order valence-corrected chi connectivity index (χ1v) is 11.8. The van der Waals surface area contributed by atoms with Gasteiger partial charge < -0.3 is 5.32 Å². The molecule has 1 aliphatic heterocycles. The molecule has 1 N–H and O–H groups in total. The molecule has 3 aromatic heterocycles. The molecule has 5 nitrogen and oxygen atoms in total. The Bertz CT molecular complexity index is 1440. The van der Waals surface area contributed by atoms with E-state index in [0.717, 1.165) is 64.3 Å². The summed E-state index contributed by atoms with van der Waals surface area (Å²) in [5.41, 5.74) is 5.74. The summed E-state index contributed by atoms with van der Waals surface area (Å²) in [5, 5.41) is 5.02. The van der Waals surface area contributed by atoms with Crippen LogP contribution in [0.2, 0.25) is 5.15 Å². The van der Waals surface area contributed by atoms with Crippen molar-refractivity contribution in [3.8, 4) is 22.5 Å². The summed E-state index contributed by atoms with van der Waals surface area (Å²) < 4.78 is 2.12. The van der Waals surface area contributed by atoms with E-state index in [1.165, 1.54) is 12.8 Å². The highest BCUT2D eigenvalue weighted by Gasteiger charge is 2.21. The maximum absolute atomic E-state index is 6.59. The Morgan fingerprint density at radius 1 is 0.939 bits per heavy atom. The van der Waals surface area contributed by atoms with E-state index in [-0.39, 0.29) is 0 Å². The van der Waals surface area contributed by atoms with Gasteiger partial charge in [0.2, 0.25) is 0 Å². The first-order chi connectivity index (χ1) is 16.3. The molecular weight excluding hydrogens is 430 g/mol. The Morgan fingerprint density at radius 3 is 2.61 bits per heavy atom. The Labute approximate surface area is 197 Å². The van der Waals surface area contributed by atoms with Crippen LogP contribution in [0.4, 0.5) is 0 Å². The highest BCUT2D eigenvalue weighted by atomic mass is 35.5. The molecule has 5 aromatic rings. The highest BCUT2D eigenvalue weighted by molar-refractivity contribution is 6.33. The van der Waals surface area contributed by atoms with Crippen molar-refractivity contribution in [1.29, 1.82) is 0 Å². The molecule has 2 aromatic carbocycles. The van der Waals surface area contributed by atoms with Gasteiger partial charge >= 0.3 is 0 Å². The molecule has 0 amide bonds.